The molecule has 14 heteroatoms. The summed E-state index contributed by atoms with van der Waals surface area (Å²) in [4.78, 5) is 21.8. The molecule has 1 aromatic carbocycles. The Bertz CT molecular complexity index is 1480. The highest BCUT2D eigenvalue weighted by Gasteiger charge is 2.39. The number of benzene rings is 1. The van der Waals surface area contributed by atoms with Gasteiger partial charge in [0, 0.05) is 16.8 Å². The van der Waals surface area contributed by atoms with Crippen LogP contribution in [-0.2, 0) is 13.1 Å². The number of alkyl halides is 3. The van der Waals surface area contributed by atoms with E-state index in [0.717, 1.165) is 9.13 Å². The number of rotatable bonds is 7. The summed E-state index contributed by atoms with van der Waals surface area (Å²) < 4.78 is 42.6. The van der Waals surface area contributed by atoms with E-state index in [1.165, 1.54) is 35.9 Å². The number of hydrogen-bond acceptors (Lipinski definition) is 6. The average molecular weight is 557 g/mol. The molecule has 0 aliphatic heterocycles. The monoisotopic (exact) mass is 556 g/mol. The lowest BCUT2D eigenvalue weighted by molar-refractivity contribution is -0.207. The number of aliphatic hydroxyl groups is 2. The molecule has 0 saturated heterocycles. The number of hydrogen-bond donors (Lipinski definition) is 2. The molecule has 0 aliphatic rings. The lowest BCUT2D eigenvalue weighted by Gasteiger charge is -2.16. The summed E-state index contributed by atoms with van der Waals surface area (Å²) in [5.41, 5.74) is 0.515. The molecule has 0 aliphatic carbocycles. The lowest BCUT2D eigenvalue weighted by atomic mass is 10.1. The van der Waals surface area contributed by atoms with Gasteiger partial charge in [-0.1, -0.05) is 35.3 Å². The van der Waals surface area contributed by atoms with Crippen molar-refractivity contribution >= 4 is 23.2 Å². The van der Waals surface area contributed by atoms with Crippen LogP contribution < -0.4 is 5.69 Å². The van der Waals surface area contributed by atoms with Crippen LogP contribution in [-0.4, -0.2) is 51.4 Å². The number of halogens is 5. The molecule has 0 radical (unpaired) electrons. The molecule has 0 saturated carbocycles. The molecule has 0 fully saturated rings. The Hall–Kier alpha value is -3.19. The van der Waals surface area contributed by atoms with Crippen molar-refractivity contribution in [3.8, 4) is 16.9 Å². The van der Waals surface area contributed by atoms with Gasteiger partial charge in [-0.05, 0) is 38.1 Å². The summed E-state index contributed by atoms with van der Waals surface area (Å²) in [6, 6.07) is 9.38. The Morgan fingerprint density at radius 3 is 2.35 bits per heavy atom. The van der Waals surface area contributed by atoms with E-state index in [9.17, 15) is 28.2 Å². The molecule has 0 bridgehead atoms. The van der Waals surface area contributed by atoms with Crippen LogP contribution in [0.15, 0.2) is 47.4 Å². The standard InChI is InChI=1S/C23H21Cl2F3N6O3/c1-12-16(4-3-9-29-12)34-21(13(2)35)30-18(31-34)11-33-20(25)19(14-5-7-15(24)8-6-14)32(22(33)37)10-17(36)23(26,27)28/h3-9,13,17,35-36H,10-11H2,1-2H3/t13-,17?/m0/s1. The van der Waals surface area contributed by atoms with Crippen LogP contribution in [0.4, 0.5) is 13.2 Å². The quantitative estimate of drug-likeness (QED) is 0.357. The number of nitrogens with zero attached hydrogens (tertiary/aromatic N) is 6. The molecule has 9 nitrogen and oxygen atoms in total. The SMILES string of the molecule is Cc1ncccc1-n1nc(Cn2c(Cl)c(-c3ccc(Cl)cc3)n(CC(O)C(F)(F)F)c2=O)nc1[C@H](C)O. The summed E-state index contributed by atoms with van der Waals surface area (Å²) in [5, 5.41) is 24.5. The van der Waals surface area contributed by atoms with Gasteiger partial charge in [-0.15, -0.1) is 5.10 Å². The minimum Gasteiger partial charge on any atom is -0.385 e. The molecule has 3 aromatic heterocycles. The zero-order valence-electron chi connectivity index (χ0n) is 19.5. The Balaban J connectivity index is 1.83. The van der Waals surface area contributed by atoms with Crippen LogP contribution in [0.5, 0.6) is 0 Å². The molecule has 3 heterocycles. The number of aromatic nitrogens is 6. The zero-order chi connectivity index (χ0) is 27.1. The fourth-order valence-corrected chi connectivity index (χ4v) is 4.22. The van der Waals surface area contributed by atoms with Crippen molar-refractivity contribution in [2.45, 2.75) is 45.3 Å². The normalized spacial score (nSPS) is 13.6. The van der Waals surface area contributed by atoms with E-state index in [0.29, 0.717) is 22.0 Å². The number of pyridine rings is 1. The summed E-state index contributed by atoms with van der Waals surface area (Å²) >= 11 is 12.5. The van der Waals surface area contributed by atoms with Crippen LogP contribution in [0, 0.1) is 6.92 Å². The van der Waals surface area contributed by atoms with E-state index >= 15 is 0 Å². The molecule has 1 unspecified atom stereocenters. The molecule has 196 valence electrons. The fourth-order valence-electron chi connectivity index (χ4n) is 3.75. The maximum atomic E-state index is 13.3. The van der Waals surface area contributed by atoms with Crippen LogP contribution in [0.25, 0.3) is 16.9 Å². The van der Waals surface area contributed by atoms with Crippen molar-refractivity contribution in [3.05, 3.63) is 80.6 Å². The Morgan fingerprint density at radius 2 is 1.76 bits per heavy atom. The van der Waals surface area contributed by atoms with Crippen molar-refractivity contribution < 1.29 is 23.4 Å². The summed E-state index contributed by atoms with van der Waals surface area (Å²) in [6.45, 7) is 1.83. The average Bonchev–Trinajstić information content (AvgIpc) is 3.35. The summed E-state index contributed by atoms with van der Waals surface area (Å²) in [7, 11) is 0. The van der Waals surface area contributed by atoms with Gasteiger partial charge in [0.2, 0.25) is 0 Å². The molecule has 4 aromatic rings. The third-order valence-corrected chi connectivity index (χ3v) is 6.21. The van der Waals surface area contributed by atoms with Gasteiger partial charge in [0.25, 0.3) is 0 Å². The number of aliphatic hydroxyl groups excluding tert-OH is 2. The molecule has 0 amide bonds. The molecule has 2 N–H and O–H groups in total. The van der Waals surface area contributed by atoms with E-state index in [4.69, 9.17) is 23.2 Å². The maximum absolute atomic E-state index is 13.3. The third kappa shape index (κ3) is 5.42. The second kappa shape index (κ2) is 10.3. The Labute approximate surface area is 218 Å². The minimum atomic E-state index is -4.96. The molecule has 2 atom stereocenters. The smallest absolute Gasteiger partial charge is 0.385 e. The molecule has 4 rings (SSSR count). The van der Waals surface area contributed by atoms with Crippen molar-refractivity contribution in [2.75, 3.05) is 0 Å². The van der Waals surface area contributed by atoms with E-state index in [-0.39, 0.29) is 29.0 Å². The third-order valence-electron chi connectivity index (χ3n) is 5.57. The van der Waals surface area contributed by atoms with Gasteiger partial charge in [0.05, 0.1) is 30.2 Å². The Kier molecular flexibility index (Phi) is 7.47. The predicted molar refractivity (Wildman–Crippen MR) is 130 cm³/mol. The second-order valence-corrected chi connectivity index (χ2v) is 9.06. The summed E-state index contributed by atoms with van der Waals surface area (Å²) in [6.07, 6.45) is -7.21. The van der Waals surface area contributed by atoms with Gasteiger partial charge in [-0.25, -0.2) is 14.5 Å². The van der Waals surface area contributed by atoms with Crippen molar-refractivity contribution in [2.24, 2.45) is 0 Å². The van der Waals surface area contributed by atoms with Gasteiger partial charge < -0.3 is 10.2 Å². The minimum absolute atomic E-state index is 0.0371. The van der Waals surface area contributed by atoms with E-state index in [2.05, 4.69) is 15.1 Å². The van der Waals surface area contributed by atoms with Gasteiger partial charge in [-0.2, -0.15) is 13.2 Å². The van der Waals surface area contributed by atoms with Crippen LogP contribution in [0.1, 0.15) is 30.4 Å². The van der Waals surface area contributed by atoms with E-state index < -0.39 is 30.6 Å². The predicted octanol–water partition coefficient (Wildman–Crippen LogP) is 3.93. The van der Waals surface area contributed by atoms with Gasteiger partial charge >= 0.3 is 11.9 Å². The largest absolute Gasteiger partial charge is 0.416 e. The first-order valence-electron chi connectivity index (χ1n) is 10.9. The fraction of sp³-hybridized carbons (Fsp3) is 0.304. The highest BCUT2D eigenvalue weighted by atomic mass is 35.5. The highest BCUT2D eigenvalue weighted by molar-refractivity contribution is 6.32. The zero-order valence-corrected chi connectivity index (χ0v) is 21.0. The molecular formula is C23H21Cl2F3N6O3. The first kappa shape index (κ1) is 26.9. The maximum Gasteiger partial charge on any atom is 0.416 e. The number of imidazole rings is 1. The van der Waals surface area contributed by atoms with Gasteiger partial charge in [0.15, 0.2) is 17.8 Å². The second-order valence-electron chi connectivity index (χ2n) is 8.26. The molecule has 0 spiro atoms. The number of aryl methyl sites for hydroxylation is 1. The topological polar surface area (TPSA) is 111 Å². The highest BCUT2D eigenvalue weighted by Crippen LogP contribution is 2.31. The van der Waals surface area contributed by atoms with E-state index in [1.807, 2.05) is 0 Å². The van der Waals surface area contributed by atoms with Crippen LogP contribution >= 0.6 is 23.2 Å². The van der Waals surface area contributed by atoms with Crippen molar-refractivity contribution in [1.82, 2.24) is 28.9 Å². The van der Waals surface area contributed by atoms with Crippen LogP contribution in [0.3, 0.4) is 0 Å². The summed E-state index contributed by atoms with van der Waals surface area (Å²) in [5.74, 6) is 0.236. The van der Waals surface area contributed by atoms with E-state index in [1.54, 1.807) is 25.3 Å². The van der Waals surface area contributed by atoms with Gasteiger partial charge in [-0.3, -0.25) is 14.1 Å². The van der Waals surface area contributed by atoms with Crippen molar-refractivity contribution in [1.29, 1.82) is 0 Å². The molecule has 37 heavy (non-hydrogen) atoms. The van der Waals surface area contributed by atoms with Crippen molar-refractivity contribution in [3.63, 3.8) is 0 Å². The molecular weight excluding hydrogens is 536 g/mol. The lowest BCUT2D eigenvalue weighted by Crippen LogP contribution is -2.37. The Morgan fingerprint density at radius 1 is 1.08 bits per heavy atom. The van der Waals surface area contributed by atoms with Crippen LogP contribution in [0.2, 0.25) is 10.2 Å². The van der Waals surface area contributed by atoms with Gasteiger partial charge in [0.1, 0.15) is 11.3 Å². The first-order valence-corrected chi connectivity index (χ1v) is 11.7. The first-order chi connectivity index (χ1) is 17.4.